The van der Waals surface area contributed by atoms with Crippen LogP contribution in [0.15, 0.2) is 24.5 Å². The van der Waals surface area contributed by atoms with Gasteiger partial charge in [0.2, 0.25) is 0 Å². The van der Waals surface area contributed by atoms with E-state index in [1.165, 1.54) is 5.56 Å². The van der Waals surface area contributed by atoms with Gasteiger partial charge in [-0.25, -0.2) is 4.79 Å². The fraction of sp³-hybridized carbons (Fsp3) is 0.647. The Morgan fingerprint density at radius 2 is 2.22 bits per heavy atom. The van der Waals surface area contributed by atoms with Crippen molar-refractivity contribution in [3.05, 3.63) is 30.1 Å². The molecule has 6 nitrogen and oxygen atoms in total. The molecule has 2 amide bonds. The molecule has 1 N–H and O–H groups in total. The van der Waals surface area contributed by atoms with Crippen molar-refractivity contribution in [3.8, 4) is 0 Å². The van der Waals surface area contributed by atoms with Crippen LogP contribution in [0.4, 0.5) is 4.79 Å². The first kappa shape index (κ1) is 16.2. The highest BCUT2D eigenvalue weighted by Crippen LogP contribution is 2.34. The predicted octanol–water partition coefficient (Wildman–Crippen LogP) is 1.19. The van der Waals surface area contributed by atoms with Gasteiger partial charge in [0.25, 0.3) is 0 Å². The number of nitrogens with one attached hydrogen (secondary N) is 1. The molecule has 2 fully saturated rings. The smallest absolute Gasteiger partial charge is 0.316 e. The molecular weight excluding hydrogens is 292 g/mol. The highest BCUT2D eigenvalue weighted by molar-refractivity contribution is 5.73. The summed E-state index contributed by atoms with van der Waals surface area (Å²) in [5, 5.41) is 2.95. The zero-order valence-corrected chi connectivity index (χ0v) is 13.9. The van der Waals surface area contributed by atoms with E-state index in [2.05, 4.69) is 27.3 Å². The number of carbonyl (C=O) groups is 1. The Morgan fingerprint density at radius 3 is 2.96 bits per heavy atom. The van der Waals surface area contributed by atoms with Crippen LogP contribution in [0.2, 0.25) is 0 Å². The minimum Gasteiger partial charge on any atom is -0.376 e. The van der Waals surface area contributed by atoms with Crippen molar-refractivity contribution < 1.29 is 9.53 Å². The zero-order chi connectivity index (χ0) is 16.2. The molecule has 2 saturated heterocycles. The second-order valence-corrected chi connectivity index (χ2v) is 6.76. The van der Waals surface area contributed by atoms with Crippen LogP contribution in [-0.4, -0.2) is 67.3 Å². The summed E-state index contributed by atoms with van der Waals surface area (Å²) >= 11 is 0. The van der Waals surface area contributed by atoms with E-state index in [1.54, 1.807) is 19.0 Å². The molecule has 0 saturated carbocycles. The molecule has 3 atom stereocenters. The number of ether oxygens (including phenoxy) is 1. The Kier molecular flexibility index (Phi) is 5.13. The van der Waals surface area contributed by atoms with Crippen LogP contribution in [0.1, 0.15) is 12.0 Å². The molecule has 1 aromatic rings. The van der Waals surface area contributed by atoms with E-state index >= 15 is 0 Å². The summed E-state index contributed by atoms with van der Waals surface area (Å²) in [6.07, 6.45) is 5.00. The largest absolute Gasteiger partial charge is 0.376 e. The number of nitrogens with zero attached hydrogens (tertiary/aromatic N) is 3. The Bertz CT molecular complexity index is 523. The van der Waals surface area contributed by atoms with Crippen LogP contribution < -0.4 is 5.32 Å². The van der Waals surface area contributed by atoms with Crippen molar-refractivity contribution >= 4 is 6.03 Å². The van der Waals surface area contributed by atoms with E-state index in [0.29, 0.717) is 18.4 Å². The van der Waals surface area contributed by atoms with E-state index < -0.39 is 0 Å². The third kappa shape index (κ3) is 4.00. The maximum absolute atomic E-state index is 11.7. The quantitative estimate of drug-likeness (QED) is 0.906. The maximum atomic E-state index is 11.7. The van der Waals surface area contributed by atoms with Gasteiger partial charge in [-0.15, -0.1) is 0 Å². The van der Waals surface area contributed by atoms with Crippen LogP contribution in [0.5, 0.6) is 0 Å². The summed E-state index contributed by atoms with van der Waals surface area (Å²) in [5.74, 6) is 1.14. The lowest BCUT2D eigenvalue weighted by molar-refractivity contribution is 0.0846. The van der Waals surface area contributed by atoms with E-state index in [4.69, 9.17) is 4.74 Å². The number of hydrogen-bond acceptors (Lipinski definition) is 4. The summed E-state index contributed by atoms with van der Waals surface area (Å²) < 4.78 is 5.96. The second-order valence-electron chi connectivity index (χ2n) is 6.76. The highest BCUT2D eigenvalue weighted by atomic mass is 16.5. The Morgan fingerprint density at radius 1 is 1.43 bits per heavy atom. The number of carbonyl (C=O) groups excluding carboxylic acids is 1. The molecule has 0 radical (unpaired) electrons. The van der Waals surface area contributed by atoms with Gasteiger partial charge in [-0.05, 0) is 36.6 Å². The molecule has 0 aromatic carbocycles. The summed E-state index contributed by atoms with van der Waals surface area (Å²) in [7, 11) is 3.51. The number of rotatable bonds is 4. The van der Waals surface area contributed by atoms with Gasteiger partial charge in [-0.2, -0.15) is 0 Å². The standard InChI is InChI=1S/C17H26N4O2/c1-20(2)17(22)19-9-16-15-5-8-21(11-14(15)12-23-16)10-13-3-6-18-7-4-13/h3-4,6-7,14-16H,5,8-12H2,1-2H3,(H,19,22)/t14-,15-,16+/m1/s1. The molecule has 3 rings (SSSR count). The number of pyridine rings is 1. The summed E-state index contributed by atoms with van der Waals surface area (Å²) in [5.41, 5.74) is 1.31. The molecule has 1 aromatic heterocycles. The lowest BCUT2D eigenvalue weighted by atomic mass is 9.84. The van der Waals surface area contributed by atoms with Crippen molar-refractivity contribution in [1.29, 1.82) is 0 Å². The van der Waals surface area contributed by atoms with Gasteiger partial charge in [0.15, 0.2) is 0 Å². The molecule has 0 spiro atoms. The molecular formula is C17H26N4O2. The topological polar surface area (TPSA) is 57.7 Å². The number of fused-ring (bicyclic) bond motifs is 1. The van der Waals surface area contributed by atoms with Crippen molar-refractivity contribution in [3.63, 3.8) is 0 Å². The molecule has 6 heteroatoms. The Balaban J connectivity index is 1.49. The number of likely N-dealkylation sites (tertiary alicyclic amines) is 1. The minimum absolute atomic E-state index is 0.0489. The molecule has 2 aliphatic heterocycles. The third-order valence-corrected chi connectivity index (χ3v) is 4.89. The zero-order valence-electron chi connectivity index (χ0n) is 13.9. The maximum Gasteiger partial charge on any atom is 0.316 e. The third-order valence-electron chi connectivity index (χ3n) is 4.89. The molecule has 0 unspecified atom stereocenters. The highest BCUT2D eigenvalue weighted by Gasteiger charge is 2.40. The average Bonchev–Trinajstić information content (AvgIpc) is 2.95. The molecule has 2 aliphatic rings. The number of amides is 2. The number of piperidine rings is 1. The van der Waals surface area contributed by atoms with Crippen molar-refractivity contribution in [2.45, 2.75) is 19.1 Å². The van der Waals surface area contributed by atoms with Crippen LogP contribution in [-0.2, 0) is 11.3 Å². The SMILES string of the molecule is CN(C)C(=O)NC[C@@H]1OC[C@H]2CN(Cc3ccncc3)CC[C@H]21. The van der Waals surface area contributed by atoms with Crippen LogP contribution in [0.3, 0.4) is 0 Å². The van der Waals surface area contributed by atoms with Gasteiger partial charge in [-0.1, -0.05) is 0 Å². The summed E-state index contributed by atoms with van der Waals surface area (Å²) in [6.45, 7) is 4.56. The van der Waals surface area contributed by atoms with Crippen molar-refractivity contribution in [2.75, 3.05) is 40.3 Å². The normalized spacial score (nSPS) is 27.5. The molecule has 23 heavy (non-hydrogen) atoms. The van der Waals surface area contributed by atoms with Crippen LogP contribution in [0.25, 0.3) is 0 Å². The number of urea groups is 1. The van der Waals surface area contributed by atoms with E-state index in [0.717, 1.165) is 32.7 Å². The first-order chi connectivity index (χ1) is 11.1. The van der Waals surface area contributed by atoms with Crippen LogP contribution >= 0.6 is 0 Å². The summed E-state index contributed by atoms with van der Waals surface area (Å²) in [4.78, 5) is 19.8. The molecule has 126 valence electrons. The lowest BCUT2D eigenvalue weighted by Crippen LogP contribution is -2.45. The van der Waals surface area contributed by atoms with Gasteiger partial charge in [0, 0.05) is 52.0 Å². The summed E-state index contributed by atoms with van der Waals surface area (Å²) in [6, 6.07) is 4.11. The molecule has 3 heterocycles. The first-order valence-corrected chi connectivity index (χ1v) is 8.31. The predicted molar refractivity (Wildman–Crippen MR) is 87.9 cm³/mol. The van der Waals surface area contributed by atoms with Crippen molar-refractivity contribution in [1.82, 2.24) is 20.1 Å². The molecule has 0 bridgehead atoms. The average molecular weight is 318 g/mol. The van der Waals surface area contributed by atoms with Gasteiger partial charge < -0.3 is 15.0 Å². The van der Waals surface area contributed by atoms with Gasteiger partial charge in [0.05, 0.1) is 12.7 Å². The van der Waals surface area contributed by atoms with E-state index in [1.807, 2.05) is 12.4 Å². The fourth-order valence-electron chi connectivity index (χ4n) is 3.61. The van der Waals surface area contributed by atoms with Gasteiger partial charge in [0.1, 0.15) is 0 Å². The van der Waals surface area contributed by atoms with Gasteiger partial charge in [-0.3, -0.25) is 9.88 Å². The van der Waals surface area contributed by atoms with Crippen molar-refractivity contribution in [2.24, 2.45) is 11.8 Å². The van der Waals surface area contributed by atoms with Gasteiger partial charge >= 0.3 is 6.03 Å². The molecule has 0 aliphatic carbocycles. The monoisotopic (exact) mass is 318 g/mol. The number of aromatic nitrogens is 1. The van der Waals surface area contributed by atoms with E-state index in [-0.39, 0.29) is 12.1 Å². The Hall–Kier alpha value is -1.66. The Labute approximate surface area is 137 Å². The van der Waals surface area contributed by atoms with Crippen LogP contribution in [0, 0.1) is 11.8 Å². The second kappa shape index (κ2) is 7.27. The minimum atomic E-state index is -0.0489. The first-order valence-electron chi connectivity index (χ1n) is 8.31. The number of hydrogen-bond donors (Lipinski definition) is 1. The fourth-order valence-corrected chi connectivity index (χ4v) is 3.61. The van der Waals surface area contributed by atoms with E-state index in [9.17, 15) is 4.79 Å². The lowest BCUT2D eigenvalue weighted by Gasteiger charge is -2.35.